The number of H-pyrrole nitrogens is 1. The number of rotatable bonds is 3. The first-order valence-corrected chi connectivity index (χ1v) is 4.76. The summed E-state index contributed by atoms with van der Waals surface area (Å²) in [7, 11) is 0. The lowest BCUT2D eigenvalue weighted by molar-refractivity contribution is -0.268. The van der Waals surface area contributed by atoms with E-state index in [-0.39, 0.29) is 12.2 Å². The molecule has 0 fully saturated rings. The van der Waals surface area contributed by atoms with E-state index in [1.807, 2.05) is 0 Å². The number of benzene rings is 1. The first-order chi connectivity index (χ1) is 7.58. The fourth-order valence-corrected chi connectivity index (χ4v) is 1.62. The average molecular weight is 220 g/mol. The van der Waals surface area contributed by atoms with E-state index in [0.29, 0.717) is 10.9 Å². The molecule has 0 unspecified atom stereocenters. The summed E-state index contributed by atoms with van der Waals surface area (Å²) in [5.41, 5.74) is 1.38. The van der Waals surface area contributed by atoms with Gasteiger partial charge in [0.1, 0.15) is 0 Å². The highest BCUT2D eigenvalue weighted by molar-refractivity contribution is 5.85. The molecule has 5 nitrogen and oxygen atoms in total. The van der Waals surface area contributed by atoms with Crippen molar-refractivity contribution in [2.75, 3.05) is 0 Å². The molecule has 0 aliphatic carbocycles. The van der Waals surface area contributed by atoms with E-state index in [0.717, 1.165) is 5.52 Å². The Morgan fingerprint density at radius 1 is 1.50 bits per heavy atom. The number of hydrogen-bond acceptors (Lipinski definition) is 3. The van der Waals surface area contributed by atoms with Crippen molar-refractivity contribution in [3.63, 3.8) is 0 Å². The number of carboxylic acids is 1. The minimum absolute atomic E-state index is 0.0151. The van der Waals surface area contributed by atoms with Crippen LogP contribution in [0.2, 0.25) is 0 Å². The van der Waals surface area contributed by atoms with Crippen LogP contribution in [0.3, 0.4) is 0 Å². The van der Waals surface area contributed by atoms with Gasteiger partial charge in [-0.3, -0.25) is 0 Å². The monoisotopic (exact) mass is 220 g/mol. The SMILES string of the molecule is O=C(O)[C@H](O)Cc1c[nH]c2ccc([O-])cc12. The van der Waals surface area contributed by atoms with Crippen LogP contribution in [0, 0.1) is 0 Å². The number of fused-ring (bicyclic) bond motifs is 1. The summed E-state index contributed by atoms with van der Waals surface area (Å²) in [6.45, 7) is 0. The van der Waals surface area contributed by atoms with Crippen LogP contribution >= 0.6 is 0 Å². The van der Waals surface area contributed by atoms with Crippen LogP contribution in [-0.2, 0) is 11.2 Å². The van der Waals surface area contributed by atoms with Crippen LogP contribution in [0.1, 0.15) is 5.56 Å². The van der Waals surface area contributed by atoms with E-state index < -0.39 is 12.1 Å². The van der Waals surface area contributed by atoms with Gasteiger partial charge in [-0.15, -0.1) is 5.75 Å². The second-order valence-corrected chi connectivity index (χ2v) is 3.58. The van der Waals surface area contributed by atoms with Crippen LogP contribution in [0.25, 0.3) is 10.9 Å². The van der Waals surface area contributed by atoms with Gasteiger partial charge in [0.2, 0.25) is 0 Å². The number of carbonyl (C=O) groups is 1. The first-order valence-electron chi connectivity index (χ1n) is 4.76. The number of hydrogen-bond donors (Lipinski definition) is 3. The molecule has 1 atom stereocenters. The van der Waals surface area contributed by atoms with E-state index in [4.69, 9.17) is 5.11 Å². The quantitative estimate of drug-likeness (QED) is 0.689. The Hall–Kier alpha value is -2.01. The fourth-order valence-electron chi connectivity index (χ4n) is 1.62. The molecule has 0 aliphatic heterocycles. The van der Waals surface area contributed by atoms with Crippen LogP contribution in [-0.4, -0.2) is 27.3 Å². The van der Waals surface area contributed by atoms with Crippen molar-refractivity contribution in [2.24, 2.45) is 0 Å². The second kappa shape index (κ2) is 3.86. The van der Waals surface area contributed by atoms with Crippen molar-refractivity contribution in [3.8, 4) is 5.75 Å². The highest BCUT2D eigenvalue weighted by Gasteiger charge is 2.15. The van der Waals surface area contributed by atoms with Gasteiger partial charge < -0.3 is 20.3 Å². The maximum absolute atomic E-state index is 11.2. The standard InChI is InChI=1S/C11H11NO4/c13-7-1-2-9-8(4-7)6(5-12-9)3-10(14)11(15)16/h1-2,4-5,10,12-14H,3H2,(H,15,16)/p-1/t10-/m1/s1. The maximum atomic E-state index is 11.2. The summed E-state index contributed by atoms with van der Waals surface area (Å²) in [5, 5.41) is 29.6. The molecule has 2 rings (SSSR count). The Morgan fingerprint density at radius 2 is 2.25 bits per heavy atom. The van der Waals surface area contributed by atoms with Gasteiger partial charge in [-0.05, 0) is 11.6 Å². The van der Waals surface area contributed by atoms with Gasteiger partial charge in [0, 0.05) is 23.5 Å². The molecule has 1 aromatic carbocycles. The van der Waals surface area contributed by atoms with Crippen LogP contribution in [0.15, 0.2) is 24.4 Å². The van der Waals surface area contributed by atoms with Gasteiger partial charge in [-0.1, -0.05) is 12.1 Å². The summed E-state index contributed by atoms with van der Waals surface area (Å²) in [6.07, 6.45) is 0.143. The molecule has 1 heterocycles. The van der Waals surface area contributed by atoms with Gasteiger partial charge in [0.25, 0.3) is 0 Å². The highest BCUT2D eigenvalue weighted by Crippen LogP contribution is 2.22. The zero-order chi connectivity index (χ0) is 11.7. The third kappa shape index (κ3) is 1.85. The second-order valence-electron chi connectivity index (χ2n) is 3.58. The molecule has 84 valence electrons. The fraction of sp³-hybridized carbons (Fsp3) is 0.182. The van der Waals surface area contributed by atoms with Crippen LogP contribution in [0.4, 0.5) is 0 Å². The Morgan fingerprint density at radius 3 is 2.94 bits per heavy atom. The minimum atomic E-state index is -1.45. The van der Waals surface area contributed by atoms with Crippen molar-refractivity contribution in [2.45, 2.75) is 12.5 Å². The highest BCUT2D eigenvalue weighted by atomic mass is 16.4. The lowest BCUT2D eigenvalue weighted by Gasteiger charge is -2.06. The normalized spacial score (nSPS) is 12.8. The number of aromatic nitrogens is 1. The van der Waals surface area contributed by atoms with Crippen molar-refractivity contribution >= 4 is 16.9 Å². The van der Waals surface area contributed by atoms with E-state index in [9.17, 15) is 15.0 Å². The van der Waals surface area contributed by atoms with Gasteiger partial charge in [-0.25, -0.2) is 4.79 Å². The molecule has 0 aliphatic rings. The molecule has 0 spiro atoms. The Balaban J connectivity index is 2.37. The van der Waals surface area contributed by atoms with Gasteiger partial charge in [0.05, 0.1) is 0 Å². The zero-order valence-corrected chi connectivity index (χ0v) is 8.30. The summed E-state index contributed by atoms with van der Waals surface area (Å²) < 4.78 is 0. The number of nitrogens with one attached hydrogen (secondary N) is 1. The molecule has 3 N–H and O–H groups in total. The molecule has 0 radical (unpaired) electrons. The zero-order valence-electron chi connectivity index (χ0n) is 8.30. The van der Waals surface area contributed by atoms with Gasteiger partial charge in [-0.2, -0.15) is 0 Å². The molecule has 0 amide bonds. The number of aromatic amines is 1. The molecule has 5 heteroatoms. The third-order valence-electron chi connectivity index (χ3n) is 2.44. The summed E-state index contributed by atoms with van der Waals surface area (Å²) in [5.74, 6) is -1.41. The molecular weight excluding hydrogens is 210 g/mol. The predicted octanol–water partition coefficient (Wildman–Crippen LogP) is 0.230. The lowest BCUT2D eigenvalue weighted by Crippen LogP contribution is -2.21. The van der Waals surface area contributed by atoms with Crippen LogP contribution < -0.4 is 5.11 Å². The van der Waals surface area contributed by atoms with Crippen LogP contribution in [0.5, 0.6) is 5.75 Å². The molecule has 2 aromatic rings. The number of carboxylic acid groups (broad SMARTS) is 1. The average Bonchev–Trinajstić information content (AvgIpc) is 2.61. The first kappa shape index (κ1) is 10.5. The topological polar surface area (TPSA) is 96.4 Å². The van der Waals surface area contributed by atoms with Gasteiger partial charge in [0.15, 0.2) is 6.10 Å². The Kier molecular flexibility index (Phi) is 2.54. The Labute approximate surface area is 91.0 Å². The smallest absolute Gasteiger partial charge is 0.332 e. The lowest BCUT2D eigenvalue weighted by atomic mass is 10.1. The number of aliphatic carboxylic acids is 1. The largest absolute Gasteiger partial charge is 0.872 e. The van der Waals surface area contributed by atoms with E-state index >= 15 is 0 Å². The molecule has 16 heavy (non-hydrogen) atoms. The summed E-state index contributed by atoms with van der Waals surface area (Å²) >= 11 is 0. The number of aliphatic hydroxyl groups excluding tert-OH is 1. The molecule has 0 bridgehead atoms. The Bertz CT molecular complexity index is 532. The predicted molar refractivity (Wildman–Crippen MR) is 55.1 cm³/mol. The van der Waals surface area contributed by atoms with E-state index in [1.165, 1.54) is 12.1 Å². The van der Waals surface area contributed by atoms with Gasteiger partial charge >= 0.3 is 5.97 Å². The van der Waals surface area contributed by atoms with Crippen molar-refractivity contribution in [3.05, 3.63) is 30.0 Å². The molecular formula is C11H10NO4-. The maximum Gasteiger partial charge on any atom is 0.332 e. The number of aliphatic hydroxyl groups is 1. The minimum Gasteiger partial charge on any atom is -0.872 e. The van der Waals surface area contributed by atoms with Crippen molar-refractivity contribution in [1.82, 2.24) is 4.98 Å². The molecule has 0 saturated carbocycles. The third-order valence-corrected chi connectivity index (χ3v) is 2.44. The van der Waals surface area contributed by atoms with E-state index in [1.54, 1.807) is 12.3 Å². The molecule has 1 aromatic heterocycles. The van der Waals surface area contributed by atoms with Crippen molar-refractivity contribution in [1.29, 1.82) is 0 Å². The summed E-state index contributed by atoms with van der Waals surface area (Å²) in [6, 6.07) is 4.49. The van der Waals surface area contributed by atoms with E-state index in [2.05, 4.69) is 4.98 Å². The van der Waals surface area contributed by atoms with Crippen molar-refractivity contribution < 1.29 is 20.1 Å². The molecule has 0 saturated heterocycles. The summed E-state index contributed by atoms with van der Waals surface area (Å²) in [4.78, 5) is 13.4.